The Morgan fingerprint density at radius 3 is 3.18 bits per heavy atom. The van der Waals surface area contributed by atoms with Crippen LogP contribution in [0.3, 0.4) is 0 Å². The summed E-state index contributed by atoms with van der Waals surface area (Å²) in [5, 5.41) is 0. The van der Waals surface area contributed by atoms with Gasteiger partial charge in [0, 0.05) is 26.2 Å². The van der Waals surface area contributed by atoms with Crippen molar-refractivity contribution in [3.63, 3.8) is 0 Å². The largest absolute Gasteiger partial charge is 0.380 e. The second-order valence-corrected chi connectivity index (χ2v) is 3.55. The van der Waals surface area contributed by atoms with Gasteiger partial charge in [0.1, 0.15) is 0 Å². The Bertz CT molecular complexity index is 178. The lowest BCUT2D eigenvalue weighted by Crippen LogP contribution is -2.29. The maximum Gasteiger partial charge on any atom is 0.0741 e. The van der Waals surface area contributed by atoms with Gasteiger partial charge in [0.2, 0.25) is 0 Å². The summed E-state index contributed by atoms with van der Waals surface area (Å²) in [5.74, 6) is 0. The summed E-state index contributed by atoms with van der Waals surface area (Å²) in [5.41, 5.74) is 1.37. The van der Waals surface area contributed by atoms with E-state index in [0.717, 1.165) is 13.0 Å². The Morgan fingerprint density at radius 2 is 2.45 bits per heavy atom. The molecule has 11 heavy (non-hydrogen) atoms. The molecule has 2 aliphatic rings. The Balaban J connectivity index is 2.07. The van der Waals surface area contributed by atoms with E-state index in [-0.39, 0.29) is 0 Å². The molecule has 0 bridgehead atoms. The minimum atomic E-state index is 0.467. The van der Waals surface area contributed by atoms with Crippen molar-refractivity contribution >= 4 is 0 Å². The first-order valence-corrected chi connectivity index (χ1v) is 4.25. The molecule has 2 saturated heterocycles. The molecular weight excluding hydrogens is 138 g/mol. The minimum Gasteiger partial charge on any atom is -0.380 e. The van der Waals surface area contributed by atoms with E-state index >= 15 is 0 Å². The standard InChI is InChI=1S/C9H15NO/c1-7-5-8-9(11-2)3-4-10(8)6-7/h8-9H,1,3-6H2,2H3/t8?,9-/m1/s1. The zero-order valence-corrected chi connectivity index (χ0v) is 7.05. The average molecular weight is 153 g/mol. The molecule has 2 heteroatoms. The summed E-state index contributed by atoms with van der Waals surface area (Å²) in [6.07, 6.45) is 2.82. The fourth-order valence-corrected chi connectivity index (χ4v) is 2.27. The van der Waals surface area contributed by atoms with Crippen LogP contribution in [0.5, 0.6) is 0 Å². The molecule has 0 spiro atoms. The van der Waals surface area contributed by atoms with Crippen molar-refractivity contribution in [2.45, 2.75) is 25.0 Å². The summed E-state index contributed by atoms with van der Waals surface area (Å²) in [6.45, 7) is 6.31. The van der Waals surface area contributed by atoms with E-state index in [2.05, 4.69) is 11.5 Å². The fourth-order valence-electron chi connectivity index (χ4n) is 2.27. The number of fused-ring (bicyclic) bond motifs is 1. The lowest BCUT2D eigenvalue weighted by Gasteiger charge is -2.17. The molecule has 2 heterocycles. The van der Waals surface area contributed by atoms with Crippen LogP contribution in [0.4, 0.5) is 0 Å². The van der Waals surface area contributed by atoms with E-state index in [1.165, 1.54) is 18.5 Å². The molecule has 0 aromatic rings. The molecule has 2 aliphatic heterocycles. The molecule has 0 aliphatic carbocycles. The van der Waals surface area contributed by atoms with Crippen LogP contribution in [0, 0.1) is 0 Å². The second kappa shape index (κ2) is 2.61. The van der Waals surface area contributed by atoms with Crippen molar-refractivity contribution in [2.75, 3.05) is 20.2 Å². The van der Waals surface area contributed by atoms with Crippen LogP contribution in [-0.4, -0.2) is 37.2 Å². The molecule has 0 radical (unpaired) electrons. The van der Waals surface area contributed by atoms with Crippen LogP contribution in [0.1, 0.15) is 12.8 Å². The van der Waals surface area contributed by atoms with Crippen molar-refractivity contribution in [3.8, 4) is 0 Å². The van der Waals surface area contributed by atoms with Crippen LogP contribution in [0.25, 0.3) is 0 Å². The summed E-state index contributed by atoms with van der Waals surface area (Å²) < 4.78 is 5.39. The lowest BCUT2D eigenvalue weighted by atomic mass is 10.1. The molecule has 62 valence electrons. The third kappa shape index (κ3) is 1.10. The van der Waals surface area contributed by atoms with Crippen LogP contribution in [0.15, 0.2) is 12.2 Å². The molecule has 2 fully saturated rings. The summed E-state index contributed by atoms with van der Waals surface area (Å²) in [6, 6.07) is 0.646. The minimum absolute atomic E-state index is 0.467. The molecule has 2 nitrogen and oxygen atoms in total. The number of rotatable bonds is 1. The van der Waals surface area contributed by atoms with Gasteiger partial charge in [-0.3, -0.25) is 4.90 Å². The van der Waals surface area contributed by atoms with E-state index < -0.39 is 0 Å². The van der Waals surface area contributed by atoms with Crippen LogP contribution < -0.4 is 0 Å². The smallest absolute Gasteiger partial charge is 0.0741 e. The average Bonchev–Trinajstić information content (AvgIpc) is 2.45. The summed E-state index contributed by atoms with van der Waals surface area (Å²) in [4.78, 5) is 2.48. The zero-order valence-electron chi connectivity index (χ0n) is 7.05. The molecule has 0 aromatic carbocycles. The SMILES string of the molecule is C=C1CC2[C@H](OC)CCN2C1. The second-order valence-electron chi connectivity index (χ2n) is 3.55. The zero-order chi connectivity index (χ0) is 7.84. The van der Waals surface area contributed by atoms with Gasteiger partial charge < -0.3 is 4.74 Å². The van der Waals surface area contributed by atoms with Gasteiger partial charge >= 0.3 is 0 Å². The number of methoxy groups -OCH3 is 1. The third-order valence-corrected chi connectivity index (χ3v) is 2.83. The Labute approximate surface area is 67.8 Å². The van der Waals surface area contributed by atoms with Crippen LogP contribution in [0.2, 0.25) is 0 Å². The maximum absolute atomic E-state index is 5.39. The van der Waals surface area contributed by atoms with E-state index in [9.17, 15) is 0 Å². The van der Waals surface area contributed by atoms with Gasteiger partial charge in [-0.05, 0) is 12.8 Å². The topological polar surface area (TPSA) is 12.5 Å². The summed E-state index contributed by atoms with van der Waals surface area (Å²) in [7, 11) is 1.81. The van der Waals surface area contributed by atoms with Gasteiger partial charge in [-0.15, -0.1) is 0 Å². The van der Waals surface area contributed by atoms with Crippen LogP contribution >= 0.6 is 0 Å². The van der Waals surface area contributed by atoms with Gasteiger partial charge in [-0.25, -0.2) is 0 Å². The molecule has 2 atom stereocenters. The van der Waals surface area contributed by atoms with Crippen molar-refractivity contribution in [2.24, 2.45) is 0 Å². The normalized spacial score (nSPS) is 38.1. The molecule has 0 N–H and O–H groups in total. The van der Waals surface area contributed by atoms with Crippen molar-refractivity contribution in [1.29, 1.82) is 0 Å². The molecule has 0 aromatic heterocycles. The number of hydrogen-bond donors (Lipinski definition) is 0. The Morgan fingerprint density at radius 1 is 1.64 bits per heavy atom. The van der Waals surface area contributed by atoms with Crippen molar-refractivity contribution in [3.05, 3.63) is 12.2 Å². The lowest BCUT2D eigenvalue weighted by molar-refractivity contribution is 0.0782. The van der Waals surface area contributed by atoms with Gasteiger partial charge in [0.05, 0.1) is 6.10 Å². The predicted octanol–water partition coefficient (Wildman–Crippen LogP) is 1.04. The molecule has 1 unspecified atom stereocenters. The Hall–Kier alpha value is -0.340. The van der Waals surface area contributed by atoms with E-state index in [1.54, 1.807) is 0 Å². The van der Waals surface area contributed by atoms with E-state index in [1.807, 2.05) is 7.11 Å². The first-order valence-electron chi connectivity index (χ1n) is 4.25. The number of ether oxygens (including phenoxy) is 1. The highest BCUT2D eigenvalue weighted by molar-refractivity contribution is 5.12. The van der Waals surface area contributed by atoms with Crippen molar-refractivity contribution < 1.29 is 4.74 Å². The highest BCUT2D eigenvalue weighted by Gasteiger charge is 2.38. The van der Waals surface area contributed by atoms with Gasteiger partial charge in [-0.1, -0.05) is 12.2 Å². The van der Waals surface area contributed by atoms with Gasteiger partial charge in [0.25, 0.3) is 0 Å². The predicted molar refractivity (Wildman–Crippen MR) is 44.5 cm³/mol. The van der Waals surface area contributed by atoms with Crippen LogP contribution in [-0.2, 0) is 4.74 Å². The highest BCUT2D eigenvalue weighted by atomic mass is 16.5. The number of nitrogens with zero attached hydrogens (tertiary/aromatic N) is 1. The first-order chi connectivity index (χ1) is 5.31. The fraction of sp³-hybridized carbons (Fsp3) is 0.778. The Kier molecular flexibility index (Phi) is 1.74. The maximum atomic E-state index is 5.39. The third-order valence-electron chi connectivity index (χ3n) is 2.83. The first kappa shape index (κ1) is 7.32. The number of hydrogen-bond acceptors (Lipinski definition) is 2. The van der Waals surface area contributed by atoms with Gasteiger partial charge in [-0.2, -0.15) is 0 Å². The molecular formula is C9H15NO. The summed E-state index contributed by atoms with van der Waals surface area (Å²) >= 11 is 0. The monoisotopic (exact) mass is 153 g/mol. The molecule has 0 saturated carbocycles. The van der Waals surface area contributed by atoms with E-state index in [0.29, 0.717) is 12.1 Å². The van der Waals surface area contributed by atoms with Crippen molar-refractivity contribution in [1.82, 2.24) is 4.90 Å². The van der Waals surface area contributed by atoms with Gasteiger partial charge in [0.15, 0.2) is 0 Å². The quantitative estimate of drug-likeness (QED) is 0.522. The molecule has 0 amide bonds. The van der Waals surface area contributed by atoms with E-state index in [4.69, 9.17) is 4.74 Å². The molecule has 2 rings (SSSR count). The highest BCUT2D eigenvalue weighted by Crippen LogP contribution is 2.31.